The predicted molar refractivity (Wildman–Crippen MR) is 135 cm³/mol. The number of anilines is 1. The van der Waals surface area contributed by atoms with E-state index in [9.17, 15) is 9.18 Å². The molecular formula is C27H18BrFN2O4. The minimum absolute atomic E-state index is 0.314. The standard InChI is InChI=1S/C27H18BrFN2O4/c1-33-24-10-4-17(14-21(24)28)27-31-22-15-19(7-11-25(22)35-27)30-26(32)13-9-20-8-12-23(34-20)16-2-5-18(29)6-3-16/h2-15H,1H3,(H,30,32)/b13-9+. The van der Waals surface area contributed by atoms with E-state index in [1.165, 1.54) is 18.2 Å². The smallest absolute Gasteiger partial charge is 0.248 e. The maximum Gasteiger partial charge on any atom is 0.248 e. The summed E-state index contributed by atoms with van der Waals surface area (Å²) in [5.74, 6) is 1.62. The first-order valence-electron chi connectivity index (χ1n) is 10.6. The van der Waals surface area contributed by atoms with Crippen LogP contribution in [-0.4, -0.2) is 18.0 Å². The lowest BCUT2D eigenvalue weighted by molar-refractivity contribution is -0.111. The topological polar surface area (TPSA) is 77.5 Å². The number of benzene rings is 3. The zero-order chi connectivity index (χ0) is 24.4. The van der Waals surface area contributed by atoms with Gasteiger partial charge in [-0.15, -0.1) is 0 Å². The van der Waals surface area contributed by atoms with E-state index in [4.69, 9.17) is 13.6 Å². The minimum Gasteiger partial charge on any atom is -0.496 e. The number of amides is 1. The number of rotatable bonds is 6. The van der Waals surface area contributed by atoms with Crippen LogP contribution in [0.5, 0.6) is 5.75 Å². The van der Waals surface area contributed by atoms with E-state index in [2.05, 4.69) is 26.2 Å². The number of halogens is 2. The van der Waals surface area contributed by atoms with Crippen molar-refractivity contribution >= 4 is 44.7 Å². The number of carbonyl (C=O) groups excluding carboxylic acids is 1. The summed E-state index contributed by atoms with van der Waals surface area (Å²) in [6.45, 7) is 0. The Balaban J connectivity index is 1.28. The quantitative estimate of drug-likeness (QED) is 0.232. The van der Waals surface area contributed by atoms with Gasteiger partial charge in [-0.1, -0.05) is 0 Å². The molecule has 1 amide bonds. The molecule has 1 N–H and O–H groups in total. The molecule has 8 heteroatoms. The molecule has 0 saturated heterocycles. The zero-order valence-corrected chi connectivity index (χ0v) is 20.0. The van der Waals surface area contributed by atoms with Crippen molar-refractivity contribution in [3.8, 4) is 28.5 Å². The number of nitrogens with one attached hydrogen (secondary N) is 1. The lowest BCUT2D eigenvalue weighted by Crippen LogP contribution is -2.07. The number of methoxy groups -OCH3 is 1. The first-order chi connectivity index (χ1) is 17.0. The number of nitrogens with zero attached hydrogens (tertiary/aromatic N) is 1. The highest BCUT2D eigenvalue weighted by atomic mass is 79.9. The van der Waals surface area contributed by atoms with E-state index in [1.54, 1.807) is 55.7 Å². The van der Waals surface area contributed by atoms with Crippen molar-refractivity contribution in [1.29, 1.82) is 0 Å². The van der Waals surface area contributed by atoms with Gasteiger partial charge in [-0.05, 0) is 94.8 Å². The molecule has 174 valence electrons. The summed E-state index contributed by atoms with van der Waals surface area (Å²) >= 11 is 3.47. The number of fused-ring (bicyclic) bond motifs is 1. The van der Waals surface area contributed by atoms with Crippen molar-refractivity contribution < 1.29 is 22.8 Å². The molecule has 0 unspecified atom stereocenters. The van der Waals surface area contributed by atoms with Gasteiger partial charge in [0, 0.05) is 22.9 Å². The summed E-state index contributed by atoms with van der Waals surface area (Å²) in [6.07, 6.45) is 2.94. The molecule has 0 aliphatic carbocycles. The van der Waals surface area contributed by atoms with Crippen LogP contribution >= 0.6 is 15.9 Å². The molecule has 0 fully saturated rings. The van der Waals surface area contributed by atoms with Crippen molar-refractivity contribution in [3.05, 3.63) is 94.9 Å². The summed E-state index contributed by atoms with van der Waals surface area (Å²) in [4.78, 5) is 17.0. The van der Waals surface area contributed by atoms with Crippen LogP contribution in [0.3, 0.4) is 0 Å². The number of hydrogen-bond donors (Lipinski definition) is 1. The fraction of sp³-hybridized carbons (Fsp3) is 0.0370. The largest absolute Gasteiger partial charge is 0.496 e. The maximum atomic E-state index is 13.1. The molecule has 3 aromatic carbocycles. The third kappa shape index (κ3) is 5.02. The Kier molecular flexibility index (Phi) is 6.20. The second-order valence-electron chi connectivity index (χ2n) is 7.58. The van der Waals surface area contributed by atoms with Gasteiger partial charge in [0.2, 0.25) is 11.8 Å². The zero-order valence-electron chi connectivity index (χ0n) is 18.4. The molecule has 5 aromatic rings. The van der Waals surface area contributed by atoms with Crippen LogP contribution in [0.1, 0.15) is 5.76 Å². The molecular weight excluding hydrogens is 515 g/mol. The van der Waals surface area contributed by atoms with Crippen LogP contribution in [0.2, 0.25) is 0 Å². The summed E-state index contributed by atoms with van der Waals surface area (Å²) < 4.78 is 30.7. The maximum absolute atomic E-state index is 13.1. The summed E-state index contributed by atoms with van der Waals surface area (Å²) in [5, 5.41) is 2.81. The molecule has 0 aliphatic rings. The van der Waals surface area contributed by atoms with Crippen molar-refractivity contribution in [1.82, 2.24) is 4.98 Å². The highest BCUT2D eigenvalue weighted by molar-refractivity contribution is 9.10. The van der Waals surface area contributed by atoms with Gasteiger partial charge in [0.15, 0.2) is 5.58 Å². The molecule has 35 heavy (non-hydrogen) atoms. The number of carbonyl (C=O) groups is 1. The van der Waals surface area contributed by atoms with Crippen LogP contribution in [0.4, 0.5) is 10.1 Å². The average molecular weight is 533 g/mol. The summed E-state index contributed by atoms with van der Waals surface area (Å²) in [6, 6.07) is 20.3. The lowest BCUT2D eigenvalue weighted by atomic mass is 10.2. The number of ether oxygens (including phenoxy) is 1. The third-order valence-electron chi connectivity index (χ3n) is 5.21. The summed E-state index contributed by atoms with van der Waals surface area (Å²) in [5.41, 5.74) is 3.33. The normalized spacial score (nSPS) is 11.3. The predicted octanol–water partition coefficient (Wildman–Crippen LogP) is 7.32. The molecule has 5 rings (SSSR count). The van der Waals surface area contributed by atoms with Gasteiger partial charge in [-0.25, -0.2) is 9.37 Å². The highest BCUT2D eigenvalue weighted by Crippen LogP contribution is 2.32. The van der Waals surface area contributed by atoms with Gasteiger partial charge in [0.1, 0.15) is 28.6 Å². The number of oxazole rings is 1. The van der Waals surface area contributed by atoms with E-state index < -0.39 is 0 Å². The molecule has 0 atom stereocenters. The molecule has 0 aliphatic heterocycles. The van der Waals surface area contributed by atoms with Crippen molar-refractivity contribution in [3.63, 3.8) is 0 Å². The SMILES string of the molecule is COc1ccc(-c2nc3cc(NC(=O)/C=C/c4ccc(-c5ccc(F)cc5)o4)ccc3o2)cc1Br. The number of aromatic nitrogens is 1. The molecule has 0 spiro atoms. The van der Waals surface area contributed by atoms with Crippen LogP contribution in [0, 0.1) is 5.82 Å². The van der Waals surface area contributed by atoms with E-state index in [0.29, 0.717) is 39.9 Å². The Morgan fingerprint density at radius 2 is 1.80 bits per heavy atom. The highest BCUT2D eigenvalue weighted by Gasteiger charge is 2.12. The fourth-order valence-electron chi connectivity index (χ4n) is 3.48. The Bertz CT molecular complexity index is 1550. The second kappa shape index (κ2) is 9.60. The summed E-state index contributed by atoms with van der Waals surface area (Å²) in [7, 11) is 1.60. The van der Waals surface area contributed by atoms with Gasteiger partial charge < -0.3 is 18.9 Å². The average Bonchev–Trinajstić information content (AvgIpc) is 3.50. The molecule has 2 aromatic heterocycles. The Morgan fingerprint density at radius 1 is 1.00 bits per heavy atom. The van der Waals surface area contributed by atoms with Crippen molar-refractivity contribution in [2.24, 2.45) is 0 Å². The van der Waals surface area contributed by atoms with E-state index >= 15 is 0 Å². The third-order valence-corrected chi connectivity index (χ3v) is 5.83. The van der Waals surface area contributed by atoms with E-state index in [0.717, 1.165) is 15.6 Å². The van der Waals surface area contributed by atoms with E-state index in [-0.39, 0.29) is 11.7 Å². The van der Waals surface area contributed by atoms with Crippen LogP contribution in [-0.2, 0) is 4.79 Å². The second-order valence-corrected chi connectivity index (χ2v) is 8.44. The fourth-order valence-corrected chi connectivity index (χ4v) is 4.02. The molecule has 2 heterocycles. The van der Waals surface area contributed by atoms with Crippen LogP contribution in [0.25, 0.3) is 40.0 Å². The van der Waals surface area contributed by atoms with Crippen LogP contribution in [0.15, 0.2) is 92.2 Å². The lowest BCUT2D eigenvalue weighted by Gasteiger charge is -2.03. The molecule has 0 saturated carbocycles. The number of hydrogen-bond acceptors (Lipinski definition) is 5. The first kappa shape index (κ1) is 22.6. The molecule has 0 bridgehead atoms. The van der Waals surface area contributed by atoms with E-state index in [1.807, 2.05) is 18.2 Å². The van der Waals surface area contributed by atoms with Crippen molar-refractivity contribution in [2.45, 2.75) is 0 Å². The minimum atomic E-state index is -0.327. The monoisotopic (exact) mass is 532 g/mol. The molecule has 0 radical (unpaired) electrons. The van der Waals surface area contributed by atoms with Gasteiger partial charge in [0.05, 0.1) is 11.6 Å². The number of furan rings is 1. The van der Waals surface area contributed by atoms with Gasteiger partial charge in [0.25, 0.3) is 0 Å². The Labute approximate surface area is 208 Å². The van der Waals surface area contributed by atoms with Crippen molar-refractivity contribution in [2.75, 3.05) is 12.4 Å². The van der Waals surface area contributed by atoms with Gasteiger partial charge >= 0.3 is 0 Å². The first-order valence-corrected chi connectivity index (χ1v) is 11.4. The van der Waals surface area contributed by atoms with Gasteiger partial charge in [-0.3, -0.25) is 4.79 Å². The Morgan fingerprint density at radius 3 is 2.57 bits per heavy atom. The Hall–Kier alpha value is -4.17. The molecule has 6 nitrogen and oxygen atoms in total. The van der Waals surface area contributed by atoms with Crippen LogP contribution < -0.4 is 10.1 Å². The van der Waals surface area contributed by atoms with Gasteiger partial charge in [-0.2, -0.15) is 0 Å².